The number of ether oxygens (including phenoxy) is 1. The number of aryl methyl sites for hydroxylation is 1. The van der Waals surface area contributed by atoms with E-state index in [2.05, 4.69) is 4.98 Å². The maximum Gasteiger partial charge on any atom is 0.309 e. The van der Waals surface area contributed by atoms with Crippen molar-refractivity contribution in [2.75, 3.05) is 19.7 Å². The monoisotopic (exact) mass is 352 g/mol. The molecular formula is C21H24N2O3. The fraction of sp³-hybridized carbons (Fsp3) is 0.381. The highest BCUT2D eigenvalue weighted by atomic mass is 16.5. The quantitative estimate of drug-likeness (QED) is 0.791. The zero-order chi connectivity index (χ0) is 18.5. The molecule has 136 valence electrons. The molecule has 0 atom stereocenters. The summed E-state index contributed by atoms with van der Waals surface area (Å²) >= 11 is 0. The SMILES string of the molecule is CCOC(=O)C1CCN(C(=O)c2cncc(-c3ccccc3C)c2)CC1. The van der Waals surface area contributed by atoms with E-state index in [9.17, 15) is 9.59 Å². The molecule has 26 heavy (non-hydrogen) atoms. The molecule has 0 radical (unpaired) electrons. The maximum absolute atomic E-state index is 12.8. The first-order valence-electron chi connectivity index (χ1n) is 9.07. The van der Waals surface area contributed by atoms with Gasteiger partial charge in [0.15, 0.2) is 0 Å². The molecule has 1 aliphatic heterocycles. The van der Waals surface area contributed by atoms with Gasteiger partial charge in [-0.25, -0.2) is 0 Å². The molecule has 2 heterocycles. The molecule has 1 saturated heterocycles. The minimum atomic E-state index is -0.150. The van der Waals surface area contributed by atoms with E-state index in [-0.39, 0.29) is 17.8 Å². The van der Waals surface area contributed by atoms with Crippen LogP contribution in [0.25, 0.3) is 11.1 Å². The Morgan fingerprint density at radius 2 is 1.92 bits per heavy atom. The van der Waals surface area contributed by atoms with E-state index in [1.807, 2.05) is 44.2 Å². The lowest BCUT2D eigenvalue weighted by Crippen LogP contribution is -2.40. The second-order valence-electron chi connectivity index (χ2n) is 6.60. The number of benzene rings is 1. The number of aromatic nitrogens is 1. The summed E-state index contributed by atoms with van der Waals surface area (Å²) < 4.78 is 5.09. The average Bonchev–Trinajstić information content (AvgIpc) is 2.68. The van der Waals surface area contributed by atoms with Crippen LogP contribution in [0.2, 0.25) is 0 Å². The molecule has 0 spiro atoms. The van der Waals surface area contributed by atoms with Gasteiger partial charge in [0.2, 0.25) is 0 Å². The Hall–Kier alpha value is -2.69. The van der Waals surface area contributed by atoms with Crippen LogP contribution < -0.4 is 0 Å². The number of hydrogen-bond donors (Lipinski definition) is 0. The molecule has 1 amide bonds. The number of carbonyl (C=O) groups is 2. The number of piperidine rings is 1. The zero-order valence-corrected chi connectivity index (χ0v) is 15.3. The minimum Gasteiger partial charge on any atom is -0.466 e. The Morgan fingerprint density at radius 1 is 1.19 bits per heavy atom. The summed E-state index contributed by atoms with van der Waals surface area (Å²) in [6, 6.07) is 9.95. The lowest BCUT2D eigenvalue weighted by atomic mass is 9.96. The molecule has 0 N–H and O–H groups in total. The Balaban J connectivity index is 1.71. The molecule has 0 aliphatic carbocycles. The highest BCUT2D eigenvalue weighted by Gasteiger charge is 2.28. The number of hydrogen-bond acceptors (Lipinski definition) is 4. The fourth-order valence-electron chi connectivity index (χ4n) is 3.36. The van der Waals surface area contributed by atoms with Gasteiger partial charge in [0, 0.05) is 31.0 Å². The molecular weight excluding hydrogens is 328 g/mol. The van der Waals surface area contributed by atoms with Crippen molar-refractivity contribution in [3.63, 3.8) is 0 Å². The Kier molecular flexibility index (Phi) is 5.66. The summed E-state index contributed by atoms with van der Waals surface area (Å²) in [5, 5.41) is 0. The molecule has 2 aromatic rings. The van der Waals surface area contributed by atoms with Crippen molar-refractivity contribution in [1.82, 2.24) is 9.88 Å². The van der Waals surface area contributed by atoms with Crippen LogP contribution in [0.4, 0.5) is 0 Å². The van der Waals surface area contributed by atoms with E-state index >= 15 is 0 Å². The summed E-state index contributed by atoms with van der Waals surface area (Å²) in [5.41, 5.74) is 3.75. The van der Waals surface area contributed by atoms with Gasteiger partial charge in [0.25, 0.3) is 5.91 Å². The summed E-state index contributed by atoms with van der Waals surface area (Å²) in [4.78, 5) is 30.7. The van der Waals surface area contributed by atoms with Crippen LogP contribution in [0.1, 0.15) is 35.7 Å². The van der Waals surface area contributed by atoms with Crippen molar-refractivity contribution in [3.05, 3.63) is 53.9 Å². The molecule has 1 aromatic heterocycles. The molecule has 5 nitrogen and oxygen atoms in total. The van der Waals surface area contributed by atoms with Crippen LogP contribution in [0.3, 0.4) is 0 Å². The van der Waals surface area contributed by atoms with Gasteiger partial charge < -0.3 is 9.64 Å². The zero-order valence-electron chi connectivity index (χ0n) is 15.3. The predicted molar refractivity (Wildman–Crippen MR) is 99.7 cm³/mol. The van der Waals surface area contributed by atoms with Gasteiger partial charge in [-0.2, -0.15) is 0 Å². The van der Waals surface area contributed by atoms with Crippen LogP contribution in [-0.4, -0.2) is 41.5 Å². The largest absolute Gasteiger partial charge is 0.466 e. The van der Waals surface area contributed by atoms with E-state index < -0.39 is 0 Å². The summed E-state index contributed by atoms with van der Waals surface area (Å²) in [5.74, 6) is -0.284. The van der Waals surface area contributed by atoms with Crippen molar-refractivity contribution in [3.8, 4) is 11.1 Å². The lowest BCUT2D eigenvalue weighted by Gasteiger charge is -2.31. The van der Waals surface area contributed by atoms with Crippen molar-refractivity contribution < 1.29 is 14.3 Å². The van der Waals surface area contributed by atoms with Crippen LogP contribution in [0.15, 0.2) is 42.7 Å². The standard InChI is InChI=1S/C21H24N2O3/c1-3-26-21(25)16-8-10-23(11-9-16)20(24)18-12-17(13-22-14-18)19-7-5-4-6-15(19)2/h4-7,12-14,16H,3,8-11H2,1-2H3. The third-order valence-corrected chi connectivity index (χ3v) is 4.84. The number of likely N-dealkylation sites (tertiary alicyclic amines) is 1. The second kappa shape index (κ2) is 8.13. The number of carbonyl (C=O) groups excluding carboxylic acids is 2. The van der Waals surface area contributed by atoms with Crippen LogP contribution in [-0.2, 0) is 9.53 Å². The third-order valence-electron chi connectivity index (χ3n) is 4.84. The number of amides is 1. The Morgan fingerprint density at radius 3 is 2.62 bits per heavy atom. The van der Waals surface area contributed by atoms with Gasteiger partial charge in [-0.15, -0.1) is 0 Å². The molecule has 0 bridgehead atoms. The number of pyridine rings is 1. The second-order valence-corrected chi connectivity index (χ2v) is 6.60. The van der Waals surface area contributed by atoms with Crippen LogP contribution >= 0.6 is 0 Å². The molecule has 1 fully saturated rings. The Labute approximate surface area is 154 Å². The molecule has 0 saturated carbocycles. The van der Waals surface area contributed by atoms with Gasteiger partial charge in [-0.1, -0.05) is 24.3 Å². The van der Waals surface area contributed by atoms with Crippen LogP contribution in [0, 0.1) is 12.8 Å². The highest BCUT2D eigenvalue weighted by Crippen LogP contribution is 2.25. The molecule has 3 rings (SSSR count). The highest BCUT2D eigenvalue weighted by molar-refractivity contribution is 5.95. The fourth-order valence-corrected chi connectivity index (χ4v) is 3.36. The molecule has 0 unspecified atom stereocenters. The van der Waals surface area contributed by atoms with Gasteiger partial charge in [-0.05, 0) is 43.9 Å². The molecule has 5 heteroatoms. The number of nitrogens with zero attached hydrogens (tertiary/aromatic N) is 2. The first kappa shape index (κ1) is 18.1. The van der Waals surface area contributed by atoms with E-state index in [1.165, 1.54) is 0 Å². The number of rotatable bonds is 4. The van der Waals surface area contributed by atoms with Gasteiger partial charge in [-0.3, -0.25) is 14.6 Å². The Bertz CT molecular complexity index is 795. The number of esters is 1. The van der Waals surface area contributed by atoms with Crippen molar-refractivity contribution in [2.24, 2.45) is 5.92 Å². The summed E-state index contributed by atoms with van der Waals surface area (Å²) in [6.45, 7) is 5.39. The van der Waals surface area contributed by atoms with Gasteiger partial charge in [0.1, 0.15) is 0 Å². The molecule has 1 aliphatic rings. The van der Waals surface area contributed by atoms with E-state index in [1.54, 1.807) is 17.3 Å². The van der Waals surface area contributed by atoms with E-state index in [0.717, 1.165) is 16.7 Å². The lowest BCUT2D eigenvalue weighted by molar-refractivity contribution is -0.149. The first-order chi connectivity index (χ1) is 12.6. The maximum atomic E-state index is 12.8. The smallest absolute Gasteiger partial charge is 0.309 e. The third kappa shape index (κ3) is 3.93. The topological polar surface area (TPSA) is 59.5 Å². The van der Waals surface area contributed by atoms with Crippen LogP contribution in [0.5, 0.6) is 0 Å². The van der Waals surface area contributed by atoms with Crippen molar-refractivity contribution in [1.29, 1.82) is 0 Å². The minimum absolute atomic E-state index is 0.0322. The first-order valence-corrected chi connectivity index (χ1v) is 9.07. The summed E-state index contributed by atoms with van der Waals surface area (Å²) in [7, 11) is 0. The molecule has 1 aromatic carbocycles. The average molecular weight is 352 g/mol. The van der Waals surface area contributed by atoms with Gasteiger partial charge >= 0.3 is 5.97 Å². The predicted octanol–water partition coefficient (Wildman–Crippen LogP) is 3.47. The van der Waals surface area contributed by atoms with E-state index in [4.69, 9.17) is 4.74 Å². The van der Waals surface area contributed by atoms with Gasteiger partial charge in [0.05, 0.1) is 18.1 Å². The summed E-state index contributed by atoms with van der Waals surface area (Å²) in [6.07, 6.45) is 4.69. The van der Waals surface area contributed by atoms with E-state index in [0.29, 0.717) is 38.1 Å². The van der Waals surface area contributed by atoms with Crippen molar-refractivity contribution >= 4 is 11.9 Å². The van der Waals surface area contributed by atoms with Crippen molar-refractivity contribution in [2.45, 2.75) is 26.7 Å². The normalized spacial score (nSPS) is 14.9.